The Morgan fingerprint density at radius 2 is 2.03 bits per heavy atom. The van der Waals surface area contributed by atoms with Crippen molar-refractivity contribution in [2.45, 2.75) is 32.1 Å². The highest BCUT2D eigenvalue weighted by molar-refractivity contribution is 5.77. The van der Waals surface area contributed by atoms with Gasteiger partial charge in [-0.3, -0.25) is 14.0 Å². The van der Waals surface area contributed by atoms with Gasteiger partial charge in [0.2, 0.25) is 17.1 Å². The van der Waals surface area contributed by atoms with Crippen molar-refractivity contribution in [3.8, 4) is 17.2 Å². The molecule has 0 fully saturated rings. The highest BCUT2D eigenvalue weighted by Crippen LogP contribution is 2.37. The number of aryl methyl sites for hydroxylation is 2. The summed E-state index contributed by atoms with van der Waals surface area (Å²) in [6.07, 6.45) is 3.06. The van der Waals surface area contributed by atoms with Gasteiger partial charge in [-0.05, 0) is 43.2 Å². The Hall–Kier alpha value is -4.34. The maximum atomic E-state index is 12.9. The molecule has 0 saturated carbocycles. The molecule has 0 aliphatic heterocycles. The molecular formula is C25H26N4O6. The van der Waals surface area contributed by atoms with Crippen molar-refractivity contribution in [3.05, 3.63) is 81.8 Å². The molecule has 3 heterocycles. The first-order valence-corrected chi connectivity index (χ1v) is 11.1. The van der Waals surface area contributed by atoms with Crippen LogP contribution in [0.3, 0.4) is 0 Å². The molecule has 4 rings (SSSR count). The summed E-state index contributed by atoms with van der Waals surface area (Å²) < 4.78 is 12.8. The number of ether oxygens (including phenoxy) is 1. The van der Waals surface area contributed by atoms with E-state index in [9.17, 15) is 19.8 Å². The minimum absolute atomic E-state index is 0.0205. The van der Waals surface area contributed by atoms with Crippen LogP contribution in [-0.2, 0) is 11.2 Å². The summed E-state index contributed by atoms with van der Waals surface area (Å²) in [6.45, 7) is 1.99. The number of pyridine rings is 1. The van der Waals surface area contributed by atoms with E-state index in [0.29, 0.717) is 30.7 Å². The second kappa shape index (κ2) is 10.3. The van der Waals surface area contributed by atoms with Crippen LogP contribution < -0.4 is 15.5 Å². The molecule has 1 aromatic carbocycles. The van der Waals surface area contributed by atoms with Gasteiger partial charge < -0.3 is 24.7 Å². The molecule has 0 spiro atoms. The topological polar surface area (TPSA) is 139 Å². The molecule has 3 aromatic heterocycles. The molecule has 35 heavy (non-hydrogen) atoms. The molecule has 10 heteroatoms. The number of aromatic hydroxyl groups is 2. The highest BCUT2D eigenvalue weighted by atomic mass is 16.5. The van der Waals surface area contributed by atoms with E-state index in [2.05, 4.69) is 15.5 Å². The monoisotopic (exact) mass is 478 g/mol. The number of nitrogens with one attached hydrogen (secondary N) is 1. The number of hydrogen-bond donors (Lipinski definition) is 3. The van der Waals surface area contributed by atoms with E-state index in [0.717, 1.165) is 11.5 Å². The summed E-state index contributed by atoms with van der Waals surface area (Å²) in [4.78, 5) is 25.0. The van der Waals surface area contributed by atoms with Crippen LogP contribution in [0.5, 0.6) is 17.2 Å². The van der Waals surface area contributed by atoms with Crippen LogP contribution in [0.15, 0.2) is 57.9 Å². The van der Waals surface area contributed by atoms with E-state index in [4.69, 9.17) is 9.15 Å². The Morgan fingerprint density at radius 3 is 2.83 bits per heavy atom. The van der Waals surface area contributed by atoms with Crippen molar-refractivity contribution in [1.29, 1.82) is 0 Å². The second-order valence-corrected chi connectivity index (χ2v) is 8.12. The molecule has 3 N–H and O–H groups in total. The van der Waals surface area contributed by atoms with Crippen LogP contribution >= 0.6 is 0 Å². The summed E-state index contributed by atoms with van der Waals surface area (Å²) in [6, 6.07) is 11.4. The van der Waals surface area contributed by atoms with E-state index in [-0.39, 0.29) is 29.6 Å². The number of methoxy groups -OCH3 is 1. The predicted molar refractivity (Wildman–Crippen MR) is 127 cm³/mol. The molecule has 4 aromatic rings. The number of phenols is 1. The zero-order valence-electron chi connectivity index (χ0n) is 19.4. The minimum atomic E-state index is -0.780. The van der Waals surface area contributed by atoms with Gasteiger partial charge in [-0.1, -0.05) is 12.1 Å². The van der Waals surface area contributed by atoms with Gasteiger partial charge in [-0.25, -0.2) is 0 Å². The molecular weight excluding hydrogens is 452 g/mol. The molecule has 0 saturated heterocycles. The molecule has 182 valence electrons. The Kier molecular flexibility index (Phi) is 7.00. The largest absolute Gasteiger partial charge is 0.504 e. The number of carbonyl (C=O) groups is 1. The predicted octanol–water partition coefficient (Wildman–Crippen LogP) is 2.68. The Labute approximate surface area is 200 Å². The lowest BCUT2D eigenvalue weighted by atomic mass is 9.91. The number of aromatic nitrogens is 3. The van der Waals surface area contributed by atoms with Crippen LogP contribution in [-0.4, -0.2) is 44.4 Å². The quantitative estimate of drug-likeness (QED) is 0.312. The zero-order chi connectivity index (χ0) is 24.9. The van der Waals surface area contributed by atoms with Gasteiger partial charge in [0.15, 0.2) is 22.9 Å². The van der Waals surface area contributed by atoms with Crippen LogP contribution in [0, 0.1) is 6.92 Å². The van der Waals surface area contributed by atoms with Gasteiger partial charge in [0.1, 0.15) is 11.6 Å². The molecule has 1 atom stereocenters. The third kappa shape index (κ3) is 5.26. The first-order chi connectivity index (χ1) is 16.9. The number of hydrogen-bond acceptors (Lipinski definition) is 8. The Bertz CT molecular complexity index is 1410. The number of carbonyl (C=O) groups excluding carboxylic acids is 1. The number of amides is 1. The molecule has 10 nitrogen and oxygen atoms in total. The van der Waals surface area contributed by atoms with Crippen molar-refractivity contribution < 1.29 is 24.2 Å². The number of rotatable bonds is 9. The summed E-state index contributed by atoms with van der Waals surface area (Å²) >= 11 is 0. The van der Waals surface area contributed by atoms with Crippen molar-refractivity contribution >= 4 is 11.6 Å². The van der Waals surface area contributed by atoms with Gasteiger partial charge in [-0.15, -0.1) is 10.2 Å². The number of nitrogens with zero attached hydrogens (tertiary/aromatic N) is 3. The second-order valence-electron chi connectivity index (χ2n) is 8.12. The van der Waals surface area contributed by atoms with Crippen LogP contribution in [0.2, 0.25) is 0 Å². The molecule has 1 amide bonds. The number of fused-ring (bicyclic) bond motifs is 1. The zero-order valence-corrected chi connectivity index (χ0v) is 19.4. The van der Waals surface area contributed by atoms with Crippen molar-refractivity contribution in [1.82, 2.24) is 19.9 Å². The maximum Gasteiger partial charge on any atom is 0.227 e. The van der Waals surface area contributed by atoms with Crippen molar-refractivity contribution in [2.75, 3.05) is 13.7 Å². The maximum absolute atomic E-state index is 12.9. The van der Waals surface area contributed by atoms with E-state index in [1.165, 1.54) is 19.2 Å². The number of benzene rings is 1. The van der Waals surface area contributed by atoms with E-state index in [1.54, 1.807) is 19.1 Å². The van der Waals surface area contributed by atoms with E-state index in [1.807, 2.05) is 28.8 Å². The lowest BCUT2D eigenvalue weighted by Crippen LogP contribution is -2.27. The molecule has 0 aliphatic carbocycles. The smallest absolute Gasteiger partial charge is 0.227 e. The third-order valence-electron chi connectivity index (χ3n) is 5.67. The van der Waals surface area contributed by atoms with Gasteiger partial charge in [0.25, 0.3) is 0 Å². The minimum Gasteiger partial charge on any atom is -0.504 e. The van der Waals surface area contributed by atoms with Gasteiger partial charge in [0, 0.05) is 31.6 Å². The molecule has 0 radical (unpaired) electrons. The van der Waals surface area contributed by atoms with Gasteiger partial charge >= 0.3 is 0 Å². The lowest BCUT2D eigenvalue weighted by molar-refractivity contribution is -0.121. The van der Waals surface area contributed by atoms with E-state index >= 15 is 0 Å². The fraction of sp³-hybridized carbons (Fsp3) is 0.280. The fourth-order valence-corrected chi connectivity index (χ4v) is 3.93. The average molecular weight is 479 g/mol. The first kappa shape index (κ1) is 23.8. The summed E-state index contributed by atoms with van der Waals surface area (Å²) in [5.74, 6) is -0.422. The summed E-state index contributed by atoms with van der Waals surface area (Å²) in [7, 11) is 1.41. The first-order valence-electron chi connectivity index (χ1n) is 11.1. The number of phenolic OH excluding ortho intramolecular Hbond substituents is 1. The summed E-state index contributed by atoms with van der Waals surface area (Å²) in [5.41, 5.74) is 0.701. The van der Waals surface area contributed by atoms with E-state index < -0.39 is 17.1 Å². The van der Waals surface area contributed by atoms with Crippen LogP contribution in [0.25, 0.3) is 5.65 Å². The third-order valence-corrected chi connectivity index (χ3v) is 5.67. The molecule has 0 bridgehead atoms. The highest BCUT2D eigenvalue weighted by Gasteiger charge is 2.26. The van der Waals surface area contributed by atoms with Gasteiger partial charge in [0.05, 0.1) is 13.0 Å². The van der Waals surface area contributed by atoms with Gasteiger partial charge in [-0.2, -0.15) is 0 Å². The normalized spacial score (nSPS) is 11.9. The van der Waals surface area contributed by atoms with Crippen LogP contribution in [0.1, 0.15) is 41.7 Å². The Morgan fingerprint density at radius 1 is 1.20 bits per heavy atom. The summed E-state index contributed by atoms with van der Waals surface area (Å²) in [5, 5.41) is 31.6. The van der Waals surface area contributed by atoms with Crippen molar-refractivity contribution in [3.63, 3.8) is 0 Å². The fourth-order valence-electron chi connectivity index (χ4n) is 3.93. The molecule has 0 unspecified atom stereocenters. The average Bonchev–Trinajstić information content (AvgIpc) is 3.26. The lowest BCUT2D eigenvalue weighted by Gasteiger charge is -2.19. The van der Waals surface area contributed by atoms with Crippen LogP contribution in [0.4, 0.5) is 0 Å². The molecule has 0 aliphatic rings. The van der Waals surface area contributed by atoms with Crippen molar-refractivity contribution in [2.24, 2.45) is 0 Å². The SMILES string of the molecule is COc1cc([C@@H](CC(=O)NCCCc2nnc3ccccn23)c2oc(C)cc(=O)c2O)ccc1O. The Balaban J connectivity index is 1.49. The standard InChI is InChI=1S/C25H26N4O6/c1-15-12-19(31)24(33)25(35-15)17(16-8-9-18(30)20(13-16)34-2)14-23(32)26-10-5-7-22-28-27-21-6-3-4-11-29(21)22/h3-4,6,8-9,11-13,17,30,33H,5,7,10,14H2,1-2H3,(H,26,32)/t17-/m1/s1.